The van der Waals surface area contributed by atoms with Gasteiger partial charge in [0.15, 0.2) is 0 Å². The topological polar surface area (TPSA) is 32.7 Å². The van der Waals surface area contributed by atoms with Crippen molar-refractivity contribution in [2.45, 2.75) is 17.9 Å². The second kappa shape index (κ2) is 10.3. The quantitative estimate of drug-likeness (QED) is 0.293. The monoisotopic (exact) mass is 495 g/mol. The Bertz CT molecular complexity index is 1330. The zero-order valence-electron chi connectivity index (χ0n) is 19.9. The molecular formula is C29H28ClF2NO2. The highest BCUT2D eigenvalue weighted by atomic mass is 35.5. The van der Waals surface area contributed by atoms with Crippen LogP contribution < -0.4 is 4.74 Å². The number of halogens is 3. The highest BCUT2D eigenvalue weighted by Crippen LogP contribution is 2.50. The molecule has 0 saturated carbocycles. The summed E-state index contributed by atoms with van der Waals surface area (Å²) in [5.74, 6) is -1.69. The van der Waals surface area contributed by atoms with Crippen LogP contribution in [0, 0.1) is 11.6 Å². The van der Waals surface area contributed by atoms with E-state index < -0.39 is 23.2 Å². The maximum Gasteiger partial charge on any atom is 0.132 e. The number of ether oxygens (including phenoxy) is 1. The zero-order valence-corrected chi connectivity index (χ0v) is 20.7. The van der Waals surface area contributed by atoms with Crippen molar-refractivity contribution in [2.75, 3.05) is 27.7 Å². The number of nitrogens with zero attached hydrogens (tertiary/aromatic N) is 1. The molecule has 3 nitrogen and oxygen atoms in total. The van der Waals surface area contributed by atoms with Gasteiger partial charge in [0, 0.05) is 34.7 Å². The second-order valence-electron chi connectivity index (χ2n) is 8.99. The van der Waals surface area contributed by atoms with Crippen molar-refractivity contribution in [2.24, 2.45) is 0 Å². The van der Waals surface area contributed by atoms with Gasteiger partial charge in [-0.15, -0.1) is 0 Å². The van der Waals surface area contributed by atoms with Gasteiger partial charge >= 0.3 is 0 Å². The van der Waals surface area contributed by atoms with Crippen LogP contribution in [0.1, 0.15) is 29.0 Å². The molecule has 0 amide bonds. The highest BCUT2D eigenvalue weighted by Gasteiger charge is 2.44. The molecule has 0 aliphatic carbocycles. The fourth-order valence-electron chi connectivity index (χ4n) is 4.76. The molecule has 0 bridgehead atoms. The number of hydrogen-bond donors (Lipinski definition) is 1. The summed E-state index contributed by atoms with van der Waals surface area (Å²) in [6.45, 7) is 0.463. The summed E-state index contributed by atoms with van der Waals surface area (Å²) < 4.78 is 35.0. The van der Waals surface area contributed by atoms with Crippen molar-refractivity contribution in [3.63, 3.8) is 0 Å². The summed E-state index contributed by atoms with van der Waals surface area (Å²) in [7, 11) is 5.35. The molecule has 0 fully saturated rings. The summed E-state index contributed by atoms with van der Waals surface area (Å²) >= 11 is 6.20. The van der Waals surface area contributed by atoms with Gasteiger partial charge in [-0.2, -0.15) is 0 Å². The van der Waals surface area contributed by atoms with E-state index >= 15 is 4.39 Å². The normalized spacial score (nSPS) is 14.2. The number of methoxy groups -OCH3 is 1. The predicted molar refractivity (Wildman–Crippen MR) is 137 cm³/mol. The molecule has 0 radical (unpaired) electrons. The maximum atomic E-state index is 15.4. The summed E-state index contributed by atoms with van der Waals surface area (Å²) in [6, 6.07) is 22.1. The first kappa shape index (κ1) is 25.1. The molecule has 35 heavy (non-hydrogen) atoms. The van der Waals surface area contributed by atoms with Crippen LogP contribution in [0.25, 0.3) is 10.8 Å². The van der Waals surface area contributed by atoms with Gasteiger partial charge in [0.25, 0.3) is 0 Å². The minimum absolute atomic E-state index is 0.0238. The van der Waals surface area contributed by atoms with E-state index in [0.717, 1.165) is 28.0 Å². The fourth-order valence-corrected chi connectivity index (χ4v) is 4.88. The van der Waals surface area contributed by atoms with E-state index in [9.17, 15) is 9.50 Å². The first-order valence-corrected chi connectivity index (χ1v) is 11.8. The number of fused-ring (bicyclic) bond motifs is 1. The highest BCUT2D eigenvalue weighted by molar-refractivity contribution is 6.30. The van der Waals surface area contributed by atoms with Gasteiger partial charge in [0.1, 0.15) is 23.0 Å². The van der Waals surface area contributed by atoms with Crippen LogP contribution in [-0.2, 0) is 5.60 Å². The van der Waals surface area contributed by atoms with Gasteiger partial charge in [0.05, 0.1) is 7.11 Å². The molecule has 4 aromatic carbocycles. The molecule has 4 aromatic rings. The maximum absolute atomic E-state index is 15.4. The Balaban J connectivity index is 2.09. The Kier molecular flexibility index (Phi) is 7.41. The molecule has 2 atom stereocenters. The molecule has 0 aliphatic heterocycles. The summed E-state index contributed by atoms with van der Waals surface area (Å²) in [6.07, 6.45) is 0.183. The van der Waals surface area contributed by atoms with Crippen LogP contribution in [0.15, 0.2) is 78.9 Å². The van der Waals surface area contributed by atoms with E-state index in [2.05, 4.69) is 0 Å². The molecule has 2 unspecified atom stereocenters. The average Bonchev–Trinajstić information content (AvgIpc) is 2.84. The third-order valence-corrected chi connectivity index (χ3v) is 6.71. The third kappa shape index (κ3) is 5.03. The largest absolute Gasteiger partial charge is 0.496 e. The van der Waals surface area contributed by atoms with Crippen LogP contribution in [0.5, 0.6) is 5.75 Å². The molecule has 182 valence electrons. The van der Waals surface area contributed by atoms with Crippen molar-refractivity contribution < 1.29 is 18.6 Å². The van der Waals surface area contributed by atoms with Crippen LogP contribution in [0.3, 0.4) is 0 Å². The molecule has 0 spiro atoms. The van der Waals surface area contributed by atoms with Gasteiger partial charge < -0.3 is 14.7 Å². The lowest BCUT2D eigenvalue weighted by Crippen LogP contribution is -2.38. The summed E-state index contributed by atoms with van der Waals surface area (Å²) in [5.41, 5.74) is -0.268. The number of benzene rings is 4. The third-order valence-electron chi connectivity index (χ3n) is 6.46. The Morgan fingerprint density at radius 3 is 2.34 bits per heavy atom. The van der Waals surface area contributed by atoms with Gasteiger partial charge in [-0.05, 0) is 61.1 Å². The van der Waals surface area contributed by atoms with Crippen LogP contribution >= 0.6 is 11.6 Å². The first-order chi connectivity index (χ1) is 16.7. The van der Waals surface area contributed by atoms with Gasteiger partial charge in [-0.3, -0.25) is 0 Å². The smallest absolute Gasteiger partial charge is 0.132 e. The minimum Gasteiger partial charge on any atom is -0.496 e. The van der Waals surface area contributed by atoms with Crippen molar-refractivity contribution in [1.29, 1.82) is 0 Å². The van der Waals surface area contributed by atoms with Gasteiger partial charge in [-0.1, -0.05) is 60.1 Å². The SMILES string of the molecule is COc1ccc2ccccc2c1C(c1ccc(Cl)cc1)C(O)(CCN(C)C)c1ccc(F)cc1F. The van der Waals surface area contributed by atoms with Crippen molar-refractivity contribution in [3.05, 3.63) is 112 Å². The van der Waals surface area contributed by atoms with Crippen molar-refractivity contribution >= 4 is 22.4 Å². The average molecular weight is 496 g/mol. The number of aliphatic hydroxyl groups is 1. The standard InChI is InChI=1S/C29H28ClF2NO2/c1-33(2)17-16-29(34,24-14-13-22(31)18-25(24)32)28(20-8-11-21(30)12-9-20)27-23-7-5-4-6-19(23)10-15-26(27)35-3/h4-15,18,28,34H,16-17H2,1-3H3. The molecule has 0 aromatic heterocycles. The van der Waals surface area contributed by atoms with Crippen molar-refractivity contribution in [1.82, 2.24) is 4.90 Å². The van der Waals surface area contributed by atoms with Crippen molar-refractivity contribution in [3.8, 4) is 5.75 Å². The van der Waals surface area contributed by atoms with E-state index in [-0.39, 0.29) is 12.0 Å². The molecule has 6 heteroatoms. The first-order valence-electron chi connectivity index (χ1n) is 11.4. The summed E-state index contributed by atoms with van der Waals surface area (Å²) in [5, 5.41) is 14.9. The van der Waals surface area contributed by atoms with Crippen LogP contribution in [0.2, 0.25) is 5.02 Å². The molecular weight excluding hydrogens is 468 g/mol. The van der Waals surface area contributed by atoms with E-state index in [4.69, 9.17) is 16.3 Å². The Morgan fingerprint density at radius 1 is 0.971 bits per heavy atom. The van der Waals surface area contributed by atoms with Crippen LogP contribution in [0.4, 0.5) is 8.78 Å². The Morgan fingerprint density at radius 2 is 1.69 bits per heavy atom. The fraction of sp³-hybridized carbons (Fsp3) is 0.241. The van der Waals surface area contributed by atoms with Gasteiger partial charge in [-0.25, -0.2) is 8.78 Å². The molecule has 1 N–H and O–H groups in total. The molecule has 0 saturated heterocycles. The van der Waals surface area contributed by atoms with Crippen LogP contribution in [-0.4, -0.2) is 37.8 Å². The van der Waals surface area contributed by atoms with Gasteiger partial charge in [0.2, 0.25) is 0 Å². The van der Waals surface area contributed by atoms with E-state index in [1.807, 2.05) is 67.5 Å². The minimum atomic E-state index is -1.74. The lowest BCUT2D eigenvalue weighted by Gasteiger charge is -2.39. The summed E-state index contributed by atoms with van der Waals surface area (Å²) in [4.78, 5) is 1.92. The van der Waals surface area contributed by atoms with E-state index in [0.29, 0.717) is 17.3 Å². The Labute approximate surface area is 209 Å². The molecule has 4 rings (SSSR count). The lowest BCUT2D eigenvalue weighted by atomic mass is 9.70. The Hall–Kier alpha value is -2.99. The zero-order chi connectivity index (χ0) is 25.2. The number of hydrogen-bond acceptors (Lipinski definition) is 3. The lowest BCUT2D eigenvalue weighted by molar-refractivity contribution is 0.00104. The predicted octanol–water partition coefficient (Wildman–Crippen LogP) is 6.75. The van der Waals surface area contributed by atoms with E-state index in [1.165, 1.54) is 12.1 Å². The second-order valence-corrected chi connectivity index (χ2v) is 9.43. The van der Waals surface area contributed by atoms with E-state index in [1.54, 1.807) is 19.2 Å². The molecule has 0 heterocycles. The number of rotatable bonds is 8. The molecule has 0 aliphatic rings.